The Morgan fingerprint density at radius 3 is 2.83 bits per heavy atom. The molecule has 0 radical (unpaired) electrons. The van der Waals surface area contributed by atoms with Crippen molar-refractivity contribution in [1.82, 2.24) is 10.3 Å². The molecule has 3 aromatic rings. The number of anilines is 1. The minimum atomic E-state index is -0.697. The Kier molecular flexibility index (Phi) is 4.05. The second-order valence-corrected chi connectivity index (χ2v) is 5.07. The molecule has 23 heavy (non-hydrogen) atoms. The number of pyridine rings is 1. The third kappa shape index (κ3) is 3.37. The topological polar surface area (TPSA) is 84.2 Å². The van der Waals surface area contributed by atoms with Crippen molar-refractivity contribution in [2.75, 3.05) is 5.32 Å². The highest BCUT2D eigenvalue weighted by Gasteiger charge is 2.18. The van der Waals surface area contributed by atoms with Crippen LogP contribution in [0.15, 0.2) is 59.3 Å². The van der Waals surface area contributed by atoms with E-state index in [9.17, 15) is 9.59 Å². The molecular formula is C17H15N3O3. The highest BCUT2D eigenvalue weighted by molar-refractivity contribution is 6.00. The molecule has 3 rings (SSSR count). The lowest BCUT2D eigenvalue weighted by atomic mass is 10.2. The average Bonchev–Trinajstić information content (AvgIpc) is 3.09. The fourth-order valence-corrected chi connectivity index (χ4v) is 2.14. The van der Waals surface area contributed by atoms with Crippen LogP contribution in [-0.4, -0.2) is 22.8 Å². The van der Waals surface area contributed by atoms with Crippen molar-refractivity contribution < 1.29 is 14.0 Å². The number of hydrogen-bond donors (Lipinski definition) is 2. The first-order valence-corrected chi connectivity index (χ1v) is 7.13. The molecule has 0 aliphatic heterocycles. The Hall–Kier alpha value is -3.15. The summed E-state index contributed by atoms with van der Waals surface area (Å²) in [5, 5.41) is 6.28. The van der Waals surface area contributed by atoms with E-state index in [2.05, 4.69) is 15.6 Å². The number of amides is 2. The van der Waals surface area contributed by atoms with E-state index >= 15 is 0 Å². The standard InChI is InChI=1S/C17H15N3O3/c1-11(19-17(22)15-5-3-9-23-15)16(21)20-13-6-7-14-12(10-13)4-2-8-18-14/h2-11H,1H3,(H,19,22)(H,20,21). The van der Waals surface area contributed by atoms with E-state index in [1.165, 1.54) is 12.3 Å². The first-order valence-electron chi connectivity index (χ1n) is 7.13. The van der Waals surface area contributed by atoms with E-state index in [0.717, 1.165) is 10.9 Å². The minimum absolute atomic E-state index is 0.168. The van der Waals surface area contributed by atoms with Crippen molar-refractivity contribution >= 4 is 28.4 Å². The van der Waals surface area contributed by atoms with E-state index in [4.69, 9.17) is 4.42 Å². The molecule has 0 fully saturated rings. The summed E-state index contributed by atoms with van der Waals surface area (Å²) in [7, 11) is 0. The monoisotopic (exact) mass is 309 g/mol. The van der Waals surface area contributed by atoms with Gasteiger partial charge < -0.3 is 15.1 Å². The zero-order valence-electron chi connectivity index (χ0n) is 12.4. The van der Waals surface area contributed by atoms with Crippen LogP contribution in [0.2, 0.25) is 0 Å². The third-order valence-corrected chi connectivity index (χ3v) is 3.36. The predicted octanol–water partition coefficient (Wildman–Crippen LogP) is 2.58. The van der Waals surface area contributed by atoms with Crippen molar-refractivity contribution in [3.63, 3.8) is 0 Å². The molecule has 6 heteroatoms. The molecule has 2 N–H and O–H groups in total. The van der Waals surface area contributed by atoms with Gasteiger partial charge in [-0.05, 0) is 43.3 Å². The molecule has 0 saturated carbocycles. The Labute approximate surface area is 132 Å². The van der Waals surface area contributed by atoms with Crippen molar-refractivity contribution in [2.24, 2.45) is 0 Å². The molecular weight excluding hydrogens is 294 g/mol. The maximum atomic E-state index is 12.2. The third-order valence-electron chi connectivity index (χ3n) is 3.36. The van der Waals surface area contributed by atoms with Gasteiger partial charge in [0.1, 0.15) is 6.04 Å². The maximum Gasteiger partial charge on any atom is 0.287 e. The summed E-state index contributed by atoms with van der Waals surface area (Å²) in [6, 6.07) is 11.6. The molecule has 2 amide bonds. The summed E-state index contributed by atoms with van der Waals surface area (Å²) in [5.74, 6) is -0.574. The first-order chi connectivity index (χ1) is 11.1. The molecule has 0 saturated heterocycles. The van der Waals surface area contributed by atoms with E-state index in [-0.39, 0.29) is 11.7 Å². The zero-order chi connectivity index (χ0) is 16.2. The number of benzene rings is 1. The number of nitrogens with one attached hydrogen (secondary N) is 2. The number of furan rings is 1. The van der Waals surface area contributed by atoms with Crippen molar-refractivity contribution in [1.29, 1.82) is 0 Å². The molecule has 0 bridgehead atoms. The lowest BCUT2D eigenvalue weighted by Crippen LogP contribution is -2.41. The molecule has 6 nitrogen and oxygen atoms in total. The van der Waals surface area contributed by atoms with Crippen LogP contribution in [0.5, 0.6) is 0 Å². The van der Waals surface area contributed by atoms with Crippen LogP contribution in [0.3, 0.4) is 0 Å². The van der Waals surface area contributed by atoms with Crippen molar-refractivity contribution in [2.45, 2.75) is 13.0 Å². The number of hydrogen-bond acceptors (Lipinski definition) is 4. The average molecular weight is 309 g/mol. The lowest BCUT2D eigenvalue weighted by molar-refractivity contribution is -0.117. The molecule has 2 heterocycles. The number of carbonyl (C=O) groups excluding carboxylic acids is 2. The van der Waals surface area contributed by atoms with Gasteiger partial charge in [0, 0.05) is 17.3 Å². The molecule has 0 aliphatic carbocycles. The largest absolute Gasteiger partial charge is 0.459 e. The second-order valence-electron chi connectivity index (χ2n) is 5.07. The van der Waals surface area contributed by atoms with Crippen molar-refractivity contribution in [3.8, 4) is 0 Å². The zero-order valence-corrected chi connectivity index (χ0v) is 12.4. The molecule has 0 aliphatic rings. The van der Waals surface area contributed by atoms with Gasteiger partial charge in [-0.3, -0.25) is 14.6 Å². The smallest absolute Gasteiger partial charge is 0.287 e. The number of nitrogens with zero attached hydrogens (tertiary/aromatic N) is 1. The van der Waals surface area contributed by atoms with Crippen LogP contribution in [0.4, 0.5) is 5.69 Å². The van der Waals surface area contributed by atoms with Gasteiger partial charge in [-0.25, -0.2) is 0 Å². The van der Waals surface area contributed by atoms with Crippen LogP contribution in [0.1, 0.15) is 17.5 Å². The summed E-state index contributed by atoms with van der Waals surface area (Å²) in [4.78, 5) is 28.3. The number of fused-ring (bicyclic) bond motifs is 1. The minimum Gasteiger partial charge on any atom is -0.459 e. The highest BCUT2D eigenvalue weighted by atomic mass is 16.3. The number of rotatable bonds is 4. The summed E-state index contributed by atoms with van der Waals surface area (Å²) in [5.41, 5.74) is 1.50. The first kappa shape index (κ1) is 14.8. The summed E-state index contributed by atoms with van der Waals surface area (Å²) < 4.78 is 4.99. The van der Waals surface area contributed by atoms with Gasteiger partial charge in [0.2, 0.25) is 5.91 Å². The van der Waals surface area contributed by atoms with Gasteiger partial charge >= 0.3 is 0 Å². The van der Waals surface area contributed by atoms with Gasteiger partial charge in [-0.15, -0.1) is 0 Å². The van der Waals surface area contributed by atoms with Crippen LogP contribution >= 0.6 is 0 Å². The summed E-state index contributed by atoms with van der Waals surface area (Å²) in [6.45, 7) is 1.61. The molecule has 1 unspecified atom stereocenters. The van der Waals surface area contributed by atoms with Gasteiger partial charge in [0.15, 0.2) is 5.76 Å². The van der Waals surface area contributed by atoms with Crippen LogP contribution in [0, 0.1) is 0 Å². The normalized spacial score (nSPS) is 11.9. The Bertz CT molecular complexity index is 843. The van der Waals surface area contributed by atoms with Gasteiger partial charge in [-0.2, -0.15) is 0 Å². The fourth-order valence-electron chi connectivity index (χ4n) is 2.14. The van der Waals surface area contributed by atoms with Crippen LogP contribution < -0.4 is 10.6 Å². The van der Waals surface area contributed by atoms with E-state index in [1.54, 1.807) is 25.3 Å². The van der Waals surface area contributed by atoms with E-state index in [0.29, 0.717) is 5.69 Å². The predicted molar refractivity (Wildman–Crippen MR) is 86.0 cm³/mol. The second kappa shape index (κ2) is 6.31. The van der Waals surface area contributed by atoms with Gasteiger partial charge in [-0.1, -0.05) is 6.07 Å². The van der Waals surface area contributed by atoms with E-state index in [1.807, 2.05) is 24.3 Å². The fraction of sp³-hybridized carbons (Fsp3) is 0.118. The van der Waals surface area contributed by atoms with Crippen LogP contribution in [-0.2, 0) is 4.79 Å². The number of aromatic nitrogens is 1. The SMILES string of the molecule is CC(NC(=O)c1ccco1)C(=O)Nc1ccc2ncccc2c1. The van der Waals surface area contributed by atoms with E-state index < -0.39 is 11.9 Å². The number of carbonyl (C=O) groups is 2. The molecule has 1 aromatic carbocycles. The summed E-state index contributed by atoms with van der Waals surface area (Å²) in [6.07, 6.45) is 3.12. The van der Waals surface area contributed by atoms with Crippen molar-refractivity contribution in [3.05, 3.63) is 60.7 Å². The summed E-state index contributed by atoms with van der Waals surface area (Å²) >= 11 is 0. The Balaban J connectivity index is 1.66. The molecule has 116 valence electrons. The van der Waals surface area contributed by atoms with Gasteiger partial charge in [0.25, 0.3) is 5.91 Å². The Morgan fingerprint density at radius 2 is 2.04 bits per heavy atom. The maximum absolute atomic E-state index is 12.2. The molecule has 2 aromatic heterocycles. The highest BCUT2D eigenvalue weighted by Crippen LogP contribution is 2.17. The quantitative estimate of drug-likeness (QED) is 0.776. The van der Waals surface area contributed by atoms with Gasteiger partial charge in [0.05, 0.1) is 11.8 Å². The molecule has 0 spiro atoms. The lowest BCUT2D eigenvalue weighted by Gasteiger charge is -2.13. The Morgan fingerprint density at radius 1 is 1.17 bits per heavy atom. The molecule has 1 atom stereocenters. The van der Waals surface area contributed by atoms with Crippen LogP contribution in [0.25, 0.3) is 10.9 Å².